The summed E-state index contributed by atoms with van der Waals surface area (Å²) < 4.78 is 5.24. The molecule has 1 heterocycles. The first-order valence-corrected chi connectivity index (χ1v) is 7.95. The van der Waals surface area contributed by atoms with Gasteiger partial charge in [0.1, 0.15) is 11.9 Å². The lowest BCUT2D eigenvalue weighted by atomic mass is 10.1. The van der Waals surface area contributed by atoms with Crippen LogP contribution in [0.25, 0.3) is 0 Å². The molecule has 0 amide bonds. The lowest BCUT2D eigenvalue weighted by Gasteiger charge is -2.18. The Bertz CT molecular complexity index is 481. The largest absolute Gasteiger partial charge is 0.458 e. The van der Waals surface area contributed by atoms with Gasteiger partial charge in [-0.1, -0.05) is 28.1 Å². The van der Waals surface area contributed by atoms with E-state index in [1.807, 2.05) is 19.1 Å². The zero-order valence-electron chi connectivity index (χ0n) is 11.6. The summed E-state index contributed by atoms with van der Waals surface area (Å²) in [7, 11) is 0. The molecule has 4 nitrogen and oxygen atoms in total. The minimum absolute atomic E-state index is 0.148. The molecule has 1 aliphatic rings. The maximum Gasteiger partial charge on any atom is 0.338 e. The lowest BCUT2D eigenvalue weighted by molar-refractivity contribution is 0.0388. The topological polar surface area (TPSA) is 53.4 Å². The standard InChI is InChI=1S/C15H19BrN2O2/c1-11(10-16)20-15(19)13-6-4-12(5-7-13)14(17)18-8-2-3-9-18/h4-7,11,17H,2-3,8-10H2,1H3/t11-/m1/s1. The fraction of sp³-hybridized carbons (Fsp3) is 0.467. The minimum Gasteiger partial charge on any atom is -0.458 e. The van der Waals surface area contributed by atoms with Crippen LogP contribution in [0, 0.1) is 5.41 Å². The van der Waals surface area contributed by atoms with Gasteiger partial charge in [-0.3, -0.25) is 5.41 Å². The van der Waals surface area contributed by atoms with Gasteiger partial charge in [0, 0.05) is 24.0 Å². The molecule has 1 aliphatic heterocycles. The molecule has 1 atom stereocenters. The number of halogens is 1. The Morgan fingerprint density at radius 2 is 1.85 bits per heavy atom. The highest BCUT2D eigenvalue weighted by Gasteiger charge is 2.17. The Balaban J connectivity index is 2.02. The Kier molecular flexibility index (Phi) is 5.17. The summed E-state index contributed by atoms with van der Waals surface area (Å²) in [4.78, 5) is 13.9. The van der Waals surface area contributed by atoms with E-state index in [4.69, 9.17) is 10.1 Å². The predicted octanol–water partition coefficient (Wildman–Crippen LogP) is 3.05. The normalized spacial score (nSPS) is 16.0. The van der Waals surface area contributed by atoms with Gasteiger partial charge in [0.25, 0.3) is 0 Å². The molecular formula is C15H19BrN2O2. The number of alkyl halides is 1. The molecule has 1 fully saturated rings. The third kappa shape index (κ3) is 3.60. The Morgan fingerprint density at radius 3 is 2.40 bits per heavy atom. The molecule has 1 N–H and O–H groups in total. The highest BCUT2D eigenvalue weighted by Crippen LogP contribution is 2.14. The fourth-order valence-electron chi connectivity index (χ4n) is 2.17. The van der Waals surface area contributed by atoms with E-state index in [-0.39, 0.29) is 12.1 Å². The van der Waals surface area contributed by atoms with Crippen LogP contribution in [-0.2, 0) is 4.74 Å². The van der Waals surface area contributed by atoms with Gasteiger partial charge >= 0.3 is 5.97 Å². The Hall–Kier alpha value is -1.36. The molecule has 20 heavy (non-hydrogen) atoms. The van der Waals surface area contributed by atoms with Crippen LogP contribution in [-0.4, -0.2) is 41.2 Å². The highest BCUT2D eigenvalue weighted by molar-refractivity contribution is 9.09. The van der Waals surface area contributed by atoms with Gasteiger partial charge in [0.05, 0.1) is 5.56 Å². The monoisotopic (exact) mass is 338 g/mol. The first kappa shape index (κ1) is 15.0. The van der Waals surface area contributed by atoms with E-state index in [1.54, 1.807) is 12.1 Å². The van der Waals surface area contributed by atoms with E-state index < -0.39 is 0 Å². The first-order chi connectivity index (χ1) is 9.61. The number of carbonyl (C=O) groups is 1. The van der Waals surface area contributed by atoms with E-state index >= 15 is 0 Å². The summed E-state index contributed by atoms with van der Waals surface area (Å²) in [6.45, 7) is 3.74. The van der Waals surface area contributed by atoms with Gasteiger partial charge in [0.15, 0.2) is 0 Å². The number of hydrogen-bond acceptors (Lipinski definition) is 3. The molecule has 2 rings (SSSR count). The number of nitrogens with zero attached hydrogens (tertiary/aromatic N) is 1. The molecular weight excluding hydrogens is 320 g/mol. The molecule has 0 spiro atoms. The average molecular weight is 339 g/mol. The van der Waals surface area contributed by atoms with Crippen LogP contribution in [0.2, 0.25) is 0 Å². The van der Waals surface area contributed by atoms with E-state index in [0.29, 0.717) is 16.7 Å². The number of likely N-dealkylation sites (tertiary alicyclic amines) is 1. The number of rotatable bonds is 4. The van der Waals surface area contributed by atoms with Crippen molar-refractivity contribution in [1.29, 1.82) is 5.41 Å². The molecule has 0 saturated carbocycles. The second-order valence-corrected chi connectivity index (χ2v) is 5.64. The van der Waals surface area contributed by atoms with Crippen LogP contribution in [0.1, 0.15) is 35.7 Å². The number of amidine groups is 1. The number of nitrogens with one attached hydrogen (secondary N) is 1. The van der Waals surface area contributed by atoms with E-state index in [9.17, 15) is 4.79 Å². The quantitative estimate of drug-likeness (QED) is 0.397. The molecule has 0 aliphatic carbocycles. The van der Waals surface area contributed by atoms with E-state index in [1.165, 1.54) is 0 Å². The summed E-state index contributed by atoms with van der Waals surface area (Å²) in [6.07, 6.45) is 2.15. The number of esters is 1. The first-order valence-electron chi connectivity index (χ1n) is 6.82. The molecule has 108 valence electrons. The van der Waals surface area contributed by atoms with Crippen molar-refractivity contribution in [1.82, 2.24) is 4.90 Å². The number of benzene rings is 1. The maximum absolute atomic E-state index is 11.8. The molecule has 0 aromatic heterocycles. The lowest BCUT2D eigenvalue weighted by Crippen LogP contribution is -2.27. The smallest absolute Gasteiger partial charge is 0.338 e. The Labute approximate surface area is 127 Å². The summed E-state index contributed by atoms with van der Waals surface area (Å²) in [6, 6.07) is 7.08. The number of ether oxygens (including phenoxy) is 1. The fourth-order valence-corrected chi connectivity index (χ4v) is 2.30. The summed E-state index contributed by atoms with van der Waals surface area (Å²) in [5, 5.41) is 8.77. The van der Waals surface area contributed by atoms with Crippen LogP contribution in [0.15, 0.2) is 24.3 Å². The van der Waals surface area contributed by atoms with E-state index in [2.05, 4.69) is 20.8 Å². The van der Waals surface area contributed by atoms with Gasteiger partial charge in [-0.2, -0.15) is 0 Å². The number of carbonyl (C=O) groups excluding carboxylic acids is 1. The van der Waals surface area contributed by atoms with Crippen molar-refractivity contribution in [2.45, 2.75) is 25.9 Å². The van der Waals surface area contributed by atoms with Gasteiger partial charge in [-0.05, 0) is 31.9 Å². The Morgan fingerprint density at radius 1 is 1.30 bits per heavy atom. The van der Waals surface area contributed by atoms with Crippen molar-refractivity contribution >= 4 is 27.7 Å². The van der Waals surface area contributed by atoms with Crippen LogP contribution >= 0.6 is 15.9 Å². The van der Waals surface area contributed by atoms with Crippen molar-refractivity contribution in [3.63, 3.8) is 0 Å². The van der Waals surface area contributed by atoms with Crippen molar-refractivity contribution < 1.29 is 9.53 Å². The summed E-state index contributed by atoms with van der Waals surface area (Å²) >= 11 is 3.27. The van der Waals surface area contributed by atoms with Gasteiger partial charge in [-0.25, -0.2) is 4.79 Å². The van der Waals surface area contributed by atoms with Crippen LogP contribution < -0.4 is 0 Å². The second kappa shape index (κ2) is 6.88. The minimum atomic E-state index is -0.323. The predicted molar refractivity (Wildman–Crippen MR) is 82.7 cm³/mol. The molecule has 0 unspecified atom stereocenters. The number of hydrogen-bond donors (Lipinski definition) is 1. The summed E-state index contributed by atoms with van der Waals surface area (Å²) in [5.74, 6) is 0.215. The third-order valence-corrected chi connectivity index (χ3v) is 4.25. The molecule has 0 bridgehead atoms. The third-order valence-electron chi connectivity index (χ3n) is 3.34. The van der Waals surface area contributed by atoms with E-state index in [0.717, 1.165) is 31.5 Å². The maximum atomic E-state index is 11.8. The van der Waals surface area contributed by atoms with Crippen LogP contribution in [0.3, 0.4) is 0 Å². The highest BCUT2D eigenvalue weighted by atomic mass is 79.9. The van der Waals surface area contributed by atoms with Crippen LogP contribution in [0.5, 0.6) is 0 Å². The van der Waals surface area contributed by atoms with Crippen LogP contribution in [0.4, 0.5) is 0 Å². The van der Waals surface area contributed by atoms with Gasteiger partial charge < -0.3 is 9.64 Å². The summed E-state index contributed by atoms with van der Waals surface area (Å²) in [5.41, 5.74) is 1.37. The molecule has 0 radical (unpaired) electrons. The second-order valence-electron chi connectivity index (χ2n) is 4.99. The van der Waals surface area contributed by atoms with Crippen molar-refractivity contribution in [2.24, 2.45) is 0 Å². The average Bonchev–Trinajstić information content (AvgIpc) is 3.00. The molecule has 5 heteroatoms. The zero-order valence-corrected chi connectivity index (χ0v) is 13.1. The van der Waals surface area contributed by atoms with Gasteiger partial charge in [-0.15, -0.1) is 0 Å². The SMILES string of the molecule is C[C@H](CBr)OC(=O)c1ccc(C(=N)N2CCCC2)cc1. The zero-order chi connectivity index (χ0) is 14.5. The van der Waals surface area contributed by atoms with Crippen molar-refractivity contribution in [3.05, 3.63) is 35.4 Å². The van der Waals surface area contributed by atoms with Crippen molar-refractivity contribution in [2.75, 3.05) is 18.4 Å². The molecule has 1 aromatic carbocycles. The van der Waals surface area contributed by atoms with Gasteiger partial charge in [0.2, 0.25) is 0 Å². The van der Waals surface area contributed by atoms with Crippen molar-refractivity contribution in [3.8, 4) is 0 Å². The molecule has 1 aromatic rings. The molecule has 1 saturated heterocycles.